The first-order valence-electron chi connectivity index (χ1n) is 6.92. The summed E-state index contributed by atoms with van der Waals surface area (Å²) in [7, 11) is 0. The van der Waals surface area contributed by atoms with Crippen LogP contribution in [0.25, 0.3) is 0 Å². The second-order valence-electron chi connectivity index (χ2n) is 6.22. The Morgan fingerprint density at radius 3 is 2.20 bits per heavy atom. The fraction of sp³-hybridized carbons (Fsp3) is 0.769. The number of nitrogens with zero attached hydrogens (tertiary/aromatic N) is 3. The number of nitrogens with two attached hydrogens (primary N) is 1. The van der Waals surface area contributed by atoms with Crippen molar-refractivity contribution in [1.82, 2.24) is 15.0 Å². The molecule has 0 amide bonds. The van der Waals surface area contributed by atoms with Gasteiger partial charge in [0.05, 0.1) is 6.61 Å². The highest BCUT2D eigenvalue weighted by atomic mass is 16.5. The summed E-state index contributed by atoms with van der Waals surface area (Å²) in [5.41, 5.74) is 3.07. The molecular weight excluding hydrogens is 256 g/mol. The molecule has 0 atom stereocenters. The average Bonchev–Trinajstić information content (AvgIpc) is 2.77. The molecule has 1 fully saturated rings. The standard InChI is InChI=1S/C13H24N6O/c1-6-20-11-17-9(16-10(18-11)19-14)15-7-8-12(2,3)13(8,4)5/h8H,6-7,14H2,1-5H3,(H2,15,16,17,18,19). The molecule has 1 aliphatic carbocycles. The van der Waals surface area contributed by atoms with Crippen molar-refractivity contribution < 1.29 is 4.74 Å². The Balaban J connectivity index is 2.05. The van der Waals surface area contributed by atoms with Crippen molar-refractivity contribution in [3.8, 4) is 6.01 Å². The Hall–Kier alpha value is -1.63. The van der Waals surface area contributed by atoms with Crippen molar-refractivity contribution >= 4 is 11.9 Å². The zero-order chi connectivity index (χ0) is 15.0. The minimum Gasteiger partial charge on any atom is -0.464 e. The molecule has 1 saturated carbocycles. The van der Waals surface area contributed by atoms with Gasteiger partial charge in [-0.05, 0) is 23.7 Å². The van der Waals surface area contributed by atoms with E-state index in [-0.39, 0.29) is 6.01 Å². The molecular formula is C13H24N6O. The lowest BCUT2D eigenvalue weighted by Crippen LogP contribution is -2.16. The quantitative estimate of drug-likeness (QED) is 0.538. The van der Waals surface area contributed by atoms with Gasteiger partial charge in [0.25, 0.3) is 0 Å². The number of anilines is 2. The monoisotopic (exact) mass is 280 g/mol. The Morgan fingerprint density at radius 1 is 1.10 bits per heavy atom. The van der Waals surface area contributed by atoms with Crippen molar-refractivity contribution in [1.29, 1.82) is 0 Å². The van der Waals surface area contributed by atoms with E-state index >= 15 is 0 Å². The molecule has 1 heterocycles. The number of rotatable bonds is 6. The van der Waals surface area contributed by atoms with Crippen LogP contribution in [0, 0.1) is 16.7 Å². The van der Waals surface area contributed by atoms with Crippen molar-refractivity contribution in [2.24, 2.45) is 22.6 Å². The second kappa shape index (κ2) is 5.05. The summed E-state index contributed by atoms with van der Waals surface area (Å²) < 4.78 is 5.30. The Labute approximate surface area is 119 Å². The van der Waals surface area contributed by atoms with Crippen LogP contribution in [0.5, 0.6) is 6.01 Å². The predicted molar refractivity (Wildman–Crippen MR) is 78.3 cm³/mol. The Bertz CT molecular complexity index is 474. The summed E-state index contributed by atoms with van der Waals surface area (Å²) in [6.07, 6.45) is 0. The van der Waals surface area contributed by atoms with Gasteiger partial charge < -0.3 is 10.1 Å². The maximum absolute atomic E-state index is 5.35. The van der Waals surface area contributed by atoms with Crippen LogP contribution in [0.15, 0.2) is 0 Å². The Morgan fingerprint density at radius 2 is 1.70 bits per heavy atom. The molecule has 0 saturated heterocycles. The third-order valence-electron chi connectivity index (χ3n) is 4.80. The van der Waals surface area contributed by atoms with Gasteiger partial charge in [-0.25, -0.2) is 5.84 Å². The molecule has 112 valence electrons. The summed E-state index contributed by atoms with van der Waals surface area (Å²) in [6, 6.07) is 0.271. The molecule has 1 aliphatic rings. The smallest absolute Gasteiger partial charge is 0.323 e. The van der Waals surface area contributed by atoms with Gasteiger partial charge in [-0.2, -0.15) is 15.0 Å². The van der Waals surface area contributed by atoms with Crippen molar-refractivity contribution in [3.63, 3.8) is 0 Å². The van der Waals surface area contributed by atoms with E-state index < -0.39 is 0 Å². The largest absolute Gasteiger partial charge is 0.464 e. The van der Waals surface area contributed by atoms with E-state index in [1.165, 1.54) is 0 Å². The summed E-state index contributed by atoms with van der Waals surface area (Å²) in [4.78, 5) is 12.4. The van der Waals surface area contributed by atoms with Crippen LogP contribution in [-0.4, -0.2) is 28.1 Å². The second-order valence-corrected chi connectivity index (χ2v) is 6.22. The van der Waals surface area contributed by atoms with Crippen LogP contribution < -0.4 is 21.3 Å². The minimum atomic E-state index is 0.271. The highest BCUT2D eigenvalue weighted by Gasteiger charge is 2.64. The number of ether oxygens (including phenoxy) is 1. The first kappa shape index (κ1) is 14.8. The summed E-state index contributed by atoms with van der Waals surface area (Å²) in [6.45, 7) is 12.3. The van der Waals surface area contributed by atoms with E-state index in [1.807, 2.05) is 6.92 Å². The maximum atomic E-state index is 5.35. The normalized spacial score (nSPS) is 19.5. The molecule has 7 heteroatoms. The molecule has 1 aromatic rings. The van der Waals surface area contributed by atoms with E-state index in [1.54, 1.807) is 0 Å². The zero-order valence-electron chi connectivity index (χ0n) is 12.8. The van der Waals surface area contributed by atoms with Crippen LogP contribution in [0.4, 0.5) is 11.9 Å². The zero-order valence-corrected chi connectivity index (χ0v) is 12.8. The van der Waals surface area contributed by atoms with Gasteiger partial charge in [-0.1, -0.05) is 27.7 Å². The molecule has 0 radical (unpaired) electrons. The van der Waals surface area contributed by atoms with Gasteiger partial charge in [0.1, 0.15) is 0 Å². The topological polar surface area (TPSA) is 98.0 Å². The third-order valence-corrected chi connectivity index (χ3v) is 4.80. The van der Waals surface area contributed by atoms with E-state index in [0.29, 0.717) is 35.3 Å². The van der Waals surface area contributed by atoms with Crippen LogP contribution in [-0.2, 0) is 0 Å². The first-order chi connectivity index (χ1) is 9.32. The van der Waals surface area contributed by atoms with E-state index in [2.05, 4.69) is 53.4 Å². The maximum Gasteiger partial charge on any atom is 0.323 e. The molecule has 1 aromatic heterocycles. The summed E-state index contributed by atoms with van der Waals surface area (Å²) >= 11 is 0. The number of hydrogen-bond donors (Lipinski definition) is 3. The molecule has 4 N–H and O–H groups in total. The molecule has 0 spiro atoms. The van der Waals surface area contributed by atoms with Crippen LogP contribution >= 0.6 is 0 Å². The van der Waals surface area contributed by atoms with Crippen molar-refractivity contribution in [2.75, 3.05) is 23.9 Å². The molecule has 2 rings (SSSR count). The minimum absolute atomic E-state index is 0.271. The van der Waals surface area contributed by atoms with Gasteiger partial charge in [-0.15, -0.1) is 0 Å². The van der Waals surface area contributed by atoms with Crippen molar-refractivity contribution in [2.45, 2.75) is 34.6 Å². The van der Waals surface area contributed by atoms with E-state index in [0.717, 1.165) is 6.54 Å². The number of hydrogen-bond acceptors (Lipinski definition) is 7. The third kappa shape index (κ3) is 2.49. The van der Waals surface area contributed by atoms with Crippen LogP contribution in [0.2, 0.25) is 0 Å². The summed E-state index contributed by atoms with van der Waals surface area (Å²) in [5.74, 6) is 6.71. The Kier molecular flexibility index (Phi) is 3.73. The fourth-order valence-electron chi connectivity index (χ4n) is 2.73. The first-order valence-corrected chi connectivity index (χ1v) is 6.92. The summed E-state index contributed by atoms with van der Waals surface area (Å²) in [5, 5.41) is 3.25. The number of hydrazine groups is 1. The van der Waals surface area contributed by atoms with Crippen LogP contribution in [0.3, 0.4) is 0 Å². The van der Waals surface area contributed by atoms with Gasteiger partial charge in [0, 0.05) is 6.54 Å². The lowest BCUT2D eigenvalue weighted by molar-refractivity contribution is 0.312. The molecule has 7 nitrogen and oxygen atoms in total. The van der Waals surface area contributed by atoms with E-state index in [4.69, 9.17) is 10.6 Å². The number of nitrogens with one attached hydrogen (secondary N) is 2. The highest BCUT2D eigenvalue weighted by molar-refractivity contribution is 5.35. The molecule has 0 bridgehead atoms. The van der Waals surface area contributed by atoms with Gasteiger partial charge >= 0.3 is 6.01 Å². The molecule has 0 aromatic carbocycles. The van der Waals surface area contributed by atoms with Gasteiger partial charge in [0.2, 0.25) is 11.9 Å². The fourth-order valence-corrected chi connectivity index (χ4v) is 2.73. The van der Waals surface area contributed by atoms with Gasteiger partial charge in [0.15, 0.2) is 0 Å². The highest BCUT2D eigenvalue weighted by Crippen LogP contribution is 2.68. The van der Waals surface area contributed by atoms with Crippen LogP contribution in [0.1, 0.15) is 34.6 Å². The molecule has 0 unspecified atom stereocenters. The lowest BCUT2D eigenvalue weighted by atomic mass is 10.0. The lowest BCUT2D eigenvalue weighted by Gasteiger charge is -2.09. The van der Waals surface area contributed by atoms with Crippen molar-refractivity contribution in [3.05, 3.63) is 0 Å². The molecule has 0 aliphatic heterocycles. The SMILES string of the molecule is CCOc1nc(NN)nc(NCC2C(C)(C)C2(C)C)n1. The number of aromatic nitrogens is 3. The molecule has 20 heavy (non-hydrogen) atoms. The van der Waals surface area contributed by atoms with E-state index in [9.17, 15) is 0 Å². The average molecular weight is 280 g/mol. The van der Waals surface area contributed by atoms with Gasteiger partial charge in [-0.3, -0.25) is 5.43 Å². The number of nitrogen functional groups attached to an aromatic ring is 1. The predicted octanol–water partition coefficient (Wildman–Crippen LogP) is 1.65.